The summed E-state index contributed by atoms with van der Waals surface area (Å²) in [5.41, 5.74) is 1.29. The third kappa shape index (κ3) is 3.48. The Balaban J connectivity index is 2.30. The summed E-state index contributed by atoms with van der Waals surface area (Å²) in [6, 6.07) is 6.93. The first kappa shape index (κ1) is 16.5. The molecule has 1 amide bonds. The molecule has 0 aliphatic carbocycles. The van der Waals surface area contributed by atoms with Crippen LogP contribution in [0.3, 0.4) is 0 Å². The minimum atomic E-state index is -3.69. The molecule has 0 radical (unpaired) electrons. The van der Waals surface area contributed by atoms with Crippen molar-refractivity contribution in [2.45, 2.75) is 26.0 Å². The minimum Gasteiger partial charge on any atom is -0.341 e. The van der Waals surface area contributed by atoms with Gasteiger partial charge in [-0.1, -0.05) is 11.6 Å². The summed E-state index contributed by atoms with van der Waals surface area (Å²) >= 11 is 5.83. The van der Waals surface area contributed by atoms with Crippen LogP contribution in [-0.4, -0.2) is 29.5 Å². The highest BCUT2D eigenvalue weighted by molar-refractivity contribution is 7.90. The molecule has 22 heavy (non-hydrogen) atoms. The molecule has 0 aliphatic rings. The number of rotatable bonds is 4. The van der Waals surface area contributed by atoms with Crippen LogP contribution in [0.2, 0.25) is 5.02 Å². The molecule has 0 aliphatic heterocycles. The molecular formula is C14H16ClN3O3S. The van der Waals surface area contributed by atoms with Crippen LogP contribution in [-0.2, 0) is 10.0 Å². The Morgan fingerprint density at radius 2 is 1.86 bits per heavy atom. The van der Waals surface area contributed by atoms with Crippen molar-refractivity contribution in [1.82, 2.24) is 14.7 Å². The van der Waals surface area contributed by atoms with E-state index in [-0.39, 0.29) is 5.69 Å². The maximum absolute atomic E-state index is 12.1. The Kier molecular flexibility index (Phi) is 4.58. The molecule has 1 heterocycles. The molecule has 6 nitrogen and oxygen atoms in total. The Labute approximate surface area is 134 Å². The predicted molar refractivity (Wildman–Crippen MR) is 85.3 cm³/mol. The summed E-state index contributed by atoms with van der Waals surface area (Å²) in [7, 11) is -3.69. The molecular weight excluding hydrogens is 326 g/mol. The number of nitrogens with one attached hydrogen (secondary N) is 2. The van der Waals surface area contributed by atoms with Gasteiger partial charge >= 0.3 is 0 Å². The number of H-pyrrole nitrogens is 1. The van der Waals surface area contributed by atoms with E-state index in [1.807, 2.05) is 4.72 Å². The molecule has 2 rings (SSSR count). The van der Waals surface area contributed by atoms with Gasteiger partial charge in [-0.2, -0.15) is 0 Å². The maximum atomic E-state index is 12.1. The Morgan fingerprint density at radius 3 is 2.41 bits per heavy atom. The number of sulfonamides is 1. The molecule has 118 valence electrons. The second kappa shape index (κ2) is 6.10. The van der Waals surface area contributed by atoms with Gasteiger partial charge in [0, 0.05) is 16.3 Å². The third-order valence-corrected chi connectivity index (χ3v) is 5.04. The molecule has 2 N–H and O–H groups in total. The fraction of sp³-hybridized carbons (Fsp3) is 0.286. The van der Waals surface area contributed by atoms with E-state index in [4.69, 9.17) is 11.6 Å². The van der Waals surface area contributed by atoms with Gasteiger partial charge in [-0.15, -0.1) is 0 Å². The highest BCUT2D eigenvalue weighted by Crippen LogP contribution is 2.20. The average Bonchev–Trinajstić information content (AvgIpc) is 2.81. The number of benzene rings is 1. The van der Waals surface area contributed by atoms with Gasteiger partial charge in [-0.3, -0.25) is 4.79 Å². The van der Waals surface area contributed by atoms with Crippen molar-refractivity contribution < 1.29 is 13.2 Å². The highest BCUT2D eigenvalue weighted by atomic mass is 35.5. The van der Waals surface area contributed by atoms with Gasteiger partial charge in [-0.25, -0.2) is 18.1 Å². The van der Waals surface area contributed by atoms with Crippen LogP contribution in [0.15, 0.2) is 24.3 Å². The number of hydrogen-bond acceptors (Lipinski definition) is 4. The van der Waals surface area contributed by atoms with Gasteiger partial charge in [-0.05, 0) is 45.0 Å². The number of aromatic nitrogens is 2. The lowest BCUT2D eigenvalue weighted by molar-refractivity contribution is 0.0976. The first-order valence-corrected chi connectivity index (χ1v) is 8.51. The first-order chi connectivity index (χ1) is 10.2. The van der Waals surface area contributed by atoms with Crippen LogP contribution < -0.4 is 4.72 Å². The van der Waals surface area contributed by atoms with Crippen LogP contribution in [0.4, 0.5) is 0 Å². The van der Waals surface area contributed by atoms with Crippen molar-refractivity contribution in [3.05, 3.63) is 40.7 Å². The lowest BCUT2D eigenvalue weighted by Crippen LogP contribution is -2.36. The minimum absolute atomic E-state index is 0.0502. The number of imidazole rings is 1. The summed E-state index contributed by atoms with van der Waals surface area (Å²) in [6.07, 6.45) is 0. The van der Waals surface area contributed by atoms with E-state index in [0.717, 1.165) is 5.56 Å². The number of halogens is 1. The number of carbonyl (C=O) groups excluding carboxylic acids is 1. The van der Waals surface area contributed by atoms with Crippen molar-refractivity contribution in [1.29, 1.82) is 0 Å². The van der Waals surface area contributed by atoms with E-state index in [2.05, 4.69) is 9.97 Å². The Morgan fingerprint density at radius 1 is 1.27 bits per heavy atom. The zero-order chi connectivity index (χ0) is 16.5. The number of aromatic amines is 1. The molecule has 0 unspecified atom stereocenters. The van der Waals surface area contributed by atoms with E-state index in [1.54, 1.807) is 31.2 Å². The maximum Gasteiger partial charge on any atom is 0.285 e. The van der Waals surface area contributed by atoms with Crippen molar-refractivity contribution >= 4 is 27.5 Å². The zero-order valence-corrected chi connectivity index (χ0v) is 13.9. The van der Waals surface area contributed by atoms with Crippen molar-refractivity contribution in [3.8, 4) is 11.4 Å². The number of nitrogens with zero attached hydrogens (tertiary/aromatic N) is 1. The zero-order valence-electron chi connectivity index (χ0n) is 12.3. The molecule has 0 saturated carbocycles. The summed E-state index contributed by atoms with van der Waals surface area (Å²) in [6.45, 7) is 4.64. The molecule has 0 spiro atoms. The van der Waals surface area contributed by atoms with E-state index in [1.165, 1.54) is 13.8 Å². The van der Waals surface area contributed by atoms with Gasteiger partial charge in [0.15, 0.2) is 5.69 Å². The SMILES string of the molecule is Cc1[nH]c(-c2ccc(Cl)cc2)nc1C(=O)NS(=O)(=O)C(C)C. The molecule has 0 saturated heterocycles. The predicted octanol–water partition coefficient (Wildman–Crippen LogP) is 2.51. The second-order valence-corrected chi connectivity index (χ2v) is 7.76. The smallest absolute Gasteiger partial charge is 0.285 e. The first-order valence-electron chi connectivity index (χ1n) is 6.59. The van der Waals surface area contributed by atoms with Gasteiger partial charge in [0.25, 0.3) is 5.91 Å². The fourth-order valence-corrected chi connectivity index (χ4v) is 2.44. The standard InChI is InChI=1S/C14H16ClN3O3S/c1-8(2)22(20,21)18-14(19)12-9(3)16-13(17-12)10-4-6-11(15)7-5-10/h4-8H,1-3H3,(H,16,17)(H,18,19). The molecule has 0 fully saturated rings. The lowest BCUT2D eigenvalue weighted by Gasteiger charge is -2.08. The normalized spacial score (nSPS) is 11.7. The largest absolute Gasteiger partial charge is 0.341 e. The van der Waals surface area contributed by atoms with E-state index < -0.39 is 21.2 Å². The monoisotopic (exact) mass is 341 g/mol. The van der Waals surface area contributed by atoms with Crippen molar-refractivity contribution in [3.63, 3.8) is 0 Å². The molecule has 0 bridgehead atoms. The summed E-state index contributed by atoms with van der Waals surface area (Å²) in [5.74, 6) is -0.274. The van der Waals surface area contributed by atoms with E-state index >= 15 is 0 Å². The summed E-state index contributed by atoms with van der Waals surface area (Å²) < 4.78 is 25.5. The number of hydrogen-bond donors (Lipinski definition) is 2. The van der Waals surface area contributed by atoms with Gasteiger partial charge in [0.2, 0.25) is 10.0 Å². The summed E-state index contributed by atoms with van der Waals surface area (Å²) in [5, 5.41) is -0.112. The quantitative estimate of drug-likeness (QED) is 0.893. The van der Waals surface area contributed by atoms with Gasteiger partial charge in [0.05, 0.1) is 5.25 Å². The number of aryl methyl sites for hydroxylation is 1. The lowest BCUT2D eigenvalue weighted by atomic mass is 10.2. The van der Waals surface area contributed by atoms with Crippen molar-refractivity contribution in [2.75, 3.05) is 0 Å². The van der Waals surface area contributed by atoms with Crippen LogP contribution in [0.5, 0.6) is 0 Å². The molecule has 2 aromatic rings. The van der Waals surface area contributed by atoms with Crippen LogP contribution in [0.25, 0.3) is 11.4 Å². The Bertz CT molecular complexity index is 795. The molecule has 0 atom stereocenters. The highest BCUT2D eigenvalue weighted by Gasteiger charge is 2.23. The molecule has 1 aromatic heterocycles. The Hall–Kier alpha value is -1.86. The summed E-state index contributed by atoms with van der Waals surface area (Å²) in [4.78, 5) is 19.2. The fourth-order valence-electron chi connectivity index (χ4n) is 1.72. The van der Waals surface area contributed by atoms with E-state index in [9.17, 15) is 13.2 Å². The van der Waals surface area contributed by atoms with E-state index in [0.29, 0.717) is 16.5 Å². The van der Waals surface area contributed by atoms with Gasteiger partial charge in [0.1, 0.15) is 5.82 Å². The van der Waals surface area contributed by atoms with Crippen LogP contribution in [0.1, 0.15) is 30.0 Å². The van der Waals surface area contributed by atoms with Crippen molar-refractivity contribution in [2.24, 2.45) is 0 Å². The van der Waals surface area contributed by atoms with Gasteiger partial charge < -0.3 is 4.98 Å². The number of carbonyl (C=O) groups is 1. The molecule has 1 aromatic carbocycles. The van der Waals surface area contributed by atoms with Crippen LogP contribution >= 0.6 is 11.6 Å². The second-order valence-electron chi connectivity index (χ2n) is 5.09. The average molecular weight is 342 g/mol. The third-order valence-electron chi connectivity index (χ3n) is 3.07. The number of amides is 1. The molecule has 8 heteroatoms. The van der Waals surface area contributed by atoms with Crippen LogP contribution in [0, 0.1) is 6.92 Å². The topological polar surface area (TPSA) is 91.9 Å².